The van der Waals surface area contributed by atoms with Crippen LogP contribution < -0.4 is 10.6 Å². The first kappa shape index (κ1) is 20.2. The second-order valence-electron chi connectivity index (χ2n) is 6.55. The van der Waals surface area contributed by atoms with Gasteiger partial charge in [0.25, 0.3) is 0 Å². The zero-order valence-corrected chi connectivity index (χ0v) is 15.7. The minimum Gasteiger partial charge on any atom is -0.445 e. The maximum Gasteiger partial charge on any atom is 0.408 e. The van der Waals surface area contributed by atoms with Gasteiger partial charge in [-0.2, -0.15) is 0 Å². The zero-order chi connectivity index (χ0) is 19.8. The number of alkyl carbamates (subject to hydrolysis) is 1. The smallest absolute Gasteiger partial charge is 0.408 e. The zero-order valence-electron chi connectivity index (χ0n) is 15.7. The molecular formula is C21H24N2O4. The summed E-state index contributed by atoms with van der Waals surface area (Å²) in [4.78, 5) is 36.1. The Bertz CT molecular complexity index is 803. The molecule has 2 aromatic rings. The molecule has 6 nitrogen and oxygen atoms in total. The number of ether oxygens (including phenoxy) is 1. The fourth-order valence-electron chi connectivity index (χ4n) is 2.46. The van der Waals surface area contributed by atoms with Crippen LogP contribution >= 0.6 is 0 Å². The van der Waals surface area contributed by atoms with Crippen LogP contribution in [0.15, 0.2) is 54.6 Å². The predicted molar refractivity (Wildman–Crippen MR) is 103 cm³/mol. The molecule has 6 heteroatoms. The lowest BCUT2D eigenvalue weighted by Gasteiger charge is -2.21. The number of rotatable bonds is 7. The van der Waals surface area contributed by atoms with Gasteiger partial charge in [-0.15, -0.1) is 0 Å². The number of hydrogen-bond acceptors (Lipinski definition) is 4. The summed E-state index contributed by atoms with van der Waals surface area (Å²) in [7, 11) is 0. The van der Waals surface area contributed by atoms with Gasteiger partial charge in [0, 0.05) is 11.3 Å². The molecule has 27 heavy (non-hydrogen) atoms. The summed E-state index contributed by atoms with van der Waals surface area (Å²) in [5.74, 6) is -0.609. The SMILES string of the molecule is CC(=O)c1cccc(NC(=O)C(NC(=O)OCc2ccccc2)C(C)C)c1. The van der Waals surface area contributed by atoms with Gasteiger partial charge in [-0.3, -0.25) is 9.59 Å². The molecule has 0 fully saturated rings. The summed E-state index contributed by atoms with van der Waals surface area (Å²) >= 11 is 0. The molecular weight excluding hydrogens is 344 g/mol. The van der Waals surface area contributed by atoms with Gasteiger partial charge in [0.2, 0.25) is 5.91 Å². The quantitative estimate of drug-likeness (QED) is 0.729. The summed E-state index contributed by atoms with van der Waals surface area (Å²) in [6, 6.07) is 15.2. The maximum atomic E-state index is 12.6. The summed E-state index contributed by atoms with van der Waals surface area (Å²) in [5, 5.41) is 5.34. The van der Waals surface area contributed by atoms with Crippen LogP contribution in [-0.2, 0) is 16.1 Å². The second kappa shape index (κ2) is 9.52. The van der Waals surface area contributed by atoms with Gasteiger partial charge in [-0.05, 0) is 30.5 Å². The van der Waals surface area contributed by atoms with E-state index in [9.17, 15) is 14.4 Å². The van der Waals surface area contributed by atoms with E-state index in [0.29, 0.717) is 11.3 Å². The Morgan fingerprint density at radius 1 is 1.00 bits per heavy atom. The van der Waals surface area contributed by atoms with E-state index in [1.54, 1.807) is 24.3 Å². The number of Topliss-reactive ketones (excluding diaryl/α,β-unsaturated/α-hetero) is 1. The Balaban J connectivity index is 1.97. The van der Waals surface area contributed by atoms with Crippen LogP contribution in [0.4, 0.5) is 10.5 Å². The van der Waals surface area contributed by atoms with Gasteiger partial charge in [-0.1, -0.05) is 56.3 Å². The lowest BCUT2D eigenvalue weighted by molar-refractivity contribution is -0.119. The first-order chi connectivity index (χ1) is 12.9. The molecule has 0 aliphatic rings. The highest BCUT2D eigenvalue weighted by Crippen LogP contribution is 2.13. The molecule has 0 saturated heterocycles. The van der Waals surface area contributed by atoms with E-state index in [1.807, 2.05) is 44.2 Å². The van der Waals surface area contributed by atoms with Crippen molar-refractivity contribution in [3.05, 3.63) is 65.7 Å². The molecule has 0 aromatic heterocycles. The molecule has 2 aromatic carbocycles. The third kappa shape index (κ3) is 6.26. The van der Waals surface area contributed by atoms with Gasteiger partial charge >= 0.3 is 6.09 Å². The highest BCUT2D eigenvalue weighted by atomic mass is 16.5. The van der Waals surface area contributed by atoms with Crippen LogP contribution in [-0.4, -0.2) is 23.8 Å². The van der Waals surface area contributed by atoms with E-state index < -0.39 is 12.1 Å². The molecule has 1 unspecified atom stereocenters. The largest absolute Gasteiger partial charge is 0.445 e. The maximum absolute atomic E-state index is 12.6. The number of carbonyl (C=O) groups is 3. The van der Waals surface area contributed by atoms with Crippen molar-refractivity contribution in [1.29, 1.82) is 0 Å². The standard InChI is InChI=1S/C21H24N2O4/c1-14(2)19(23-21(26)27-13-16-8-5-4-6-9-16)20(25)22-18-11-7-10-17(12-18)15(3)24/h4-12,14,19H,13H2,1-3H3,(H,22,25)(H,23,26). The molecule has 2 N–H and O–H groups in total. The van der Waals surface area contributed by atoms with Crippen LogP contribution in [0, 0.1) is 5.92 Å². The molecule has 142 valence electrons. The molecule has 0 bridgehead atoms. The van der Waals surface area contributed by atoms with E-state index >= 15 is 0 Å². The summed E-state index contributed by atoms with van der Waals surface area (Å²) in [6.45, 7) is 5.24. The first-order valence-corrected chi connectivity index (χ1v) is 8.76. The average Bonchev–Trinajstić information content (AvgIpc) is 2.65. The van der Waals surface area contributed by atoms with Crippen LogP contribution in [0.25, 0.3) is 0 Å². The first-order valence-electron chi connectivity index (χ1n) is 8.76. The van der Waals surface area contributed by atoms with Crippen LogP contribution in [0.3, 0.4) is 0 Å². The molecule has 0 heterocycles. The van der Waals surface area contributed by atoms with Gasteiger partial charge in [0.05, 0.1) is 0 Å². The third-order valence-corrected chi connectivity index (χ3v) is 3.97. The molecule has 0 aliphatic heterocycles. The predicted octanol–water partition coefficient (Wildman–Crippen LogP) is 3.78. The highest BCUT2D eigenvalue weighted by Gasteiger charge is 2.25. The minimum absolute atomic E-state index is 0.0888. The lowest BCUT2D eigenvalue weighted by Crippen LogP contribution is -2.47. The summed E-state index contributed by atoms with van der Waals surface area (Å²) < 4.78 is 5.18. The van der Waals surface area contributed by atoms with Gasteiger partial charge < -0.3 is 15.4 Å². The van der Waals surface area contributed by atoms with Crippen LogP contribution in [0.1, 0.15) is 36.7 Å². The van der Waals surface area contributed by atoms with Crippen molar-refractivity contribution in [2.45, 2.75) is 33.4 Å². The number of amides is 2. The Kier molecular flexibility index (Phi) is 7.11. The Morgan fingerprint density at radius 2 is 1.70 bits per heavy atom. The average molecular weight is 368 g/mol. The second-order valence-corrected chi connectivity index (χ2v) is 6.55. The third-order valence-electron chi connectivity index (χ3n) is 3.97. The van der Waals surface area contributed by atoms with Crippen molar-refractivity contribution in [3.63, 3.8) is 0 Å². The van der Waals surface area contributed by atoms with Crippen molar-refractivity contribution in [3.8, 4) is 0 Å². The molecule has 0 spiro atoms. The fourth-order valence-corrected chi connectivity index (χ4v) is 2.46. The number of anilines is 1. The Labute approximate surface area is 158 Å². The van der Waals surface area contributed by atoms with E-state index in [0.717, 1.165) is 5.56 Å². The van der Waals surface area contributed by atoms with E-state index in [4.69, 9.17) is 4.74 Å². The van der Waals surface area contributed by atoms with Gasteiger partial charge in [-0.25, -0.2) is 4.79 Å². The Hall–Kier alpha value is -3.15. The normalized spacial score (nSPS) is 11.6. The summed E-state index contributed by atoms with van der Waals surface area (Å²) in [5.41, 5.74) is 1.86. The molecule has 0 radical (unpaired) electrons. The van der Waals surface area contributed by atoms with Crippen molar-refractivity contribution in [2.24, 2.45) is 5.92 Å². The van der Waals surface area contributed by atoms with Crippen molar-refractivity contribution in [1.82, 2.24) is 5.32 Å². The van der Waals surface area contributed by atoms with Crippen LogP contribution in [0.5, 0.6) is 0 Å². The highest BCUT2D eigenvalue weighted by molar-refractivity contribution is 5.99. The summed E-state index contributed by atoms with van der Waals surface area (Å²) in [6.07, 6.45) is -0.662. The molecule has 2 rings (SSSR count). The monoisotopic (exact) mass is 368 g/mol. The number of ketones is 1. The van der Waals surface area contributed by atoms with E-state index in [-0.39, 0.29) is 24.2 Å². The number of carbonyl (C=O) groups excluding carboxylic acids is 3. The molecule has 1 atom stereocenters. The Morgan fingerprint density at radius 3 is 2.33 bits per heavy atom. The van der Waals surface area contributed by atoms with Crippen molar-refractivity contribution in [2.75, 3.05) is 5.32 Å². The molecule has 0 saturated carbocycles. The minimum atomic E-state index is -0.769. The topological polar surface area (TPSA) is 84.5 Å². The molecule has 0 aliphatic carbocycles. The van der Waals surface area contributed by atoms with Gasteiger partial charge in [0.1, 0.15) is 12.6 Å². The molecule has 2 amide bonds. The van der Waals surface area contributed by atoms with Gasteiger partial charge in [0.15, 0.2) is 5.78 Å². The number of benzene rings is 2. The van der Waals surface area contributed by atoms with E-state index in [1.165, 1.54) is 6.92 Å². The van der Waals surface area contributed by atoms with Crippen LogP contribution in [0.2, 0.25) is 0 Å². The number of hydrogen-bond donors (Lipinski definition) is 2. The van der Waals surface area contributed by atoms with Crippen molar-refractivity contribution >= 4 is 23.5 Å². The fraction of sp³-hybridized carbons (Fsp3) is 0.286. The lowest BCUT2D eigenvalue weighted by atomic mass is 10.0. The van der Waals surface area contributed by atoms with Crippen molar-refractivity contribution < 1.29 is 19.1 Å². The number of nitrogens with one attached hydrogen (secondary N) is 2. The van der Waals surface area contributed by atoms with E-state index in [2.05, 4.69) is 10.6 Å².